The molecule has 20 heavy (non-hydrogen) atoms. The molecule has 0 radical (unpaired) electrons. The molecule has 2 aromatic rings. The van der Waals surface area contributed by atoms with Crippen LogP contribution in [0.25, 0.3) is 0 Å². The van der Waals surface area contributed by atoms with Crippen LogP contribution < -0.4 is 14.8 Å². The van der Waals surface area contributed by atoms with E-state index in [4.69, 9.17) is 9.47 Å². The number of rotatable bonds is 6. The molecule has 4 nitrogen and oxygen atoms in total. The highest BCUT2D eigenvalue weighted by molar-refractivity contribution is 9.10. The van der Waals surface area contributed by atoms with Gasteiger partial charge in [0, 0.05) is 12.6 Å². The number of methoxy groups -OCH3 is 1. The van der Waals surface area contributed by atoms with Gasteiger partial charge in [0.2, 0.25) is 5.88 Å². The molecule has 0 aliphatic rings. The lowest BCUT2D eigenvalue weighted by Gasteiger charge is -2.10. The van der Waals surface area contributed by atoms with Crippen LogP contribution in [0.3, 0.4) is 0 Å². The molecule has 5 heteroatoms. The van der Waals surface area contributed by atoms with Crippen LogP contribution in [0.15, 0.2) is 40.9 Å². The Morgan fingerprint density at radius 3 is 2.80 bits per heavy atom. The second kappa shape index (κ2) is 7.26. The third-order valence-corrected chi connectivity index (χ3v) is 3.36. The van der Waals surface area contributed by atoms with E-state index in [2.05, 4.69) is 26.2 Å². The number of nitrogens with one attached hydrogen (secondary N) is 1. The largest absolute Gasteiger partial charge is 0.486 e. The lowest BCUT2D eigenvalue weighted by Crippen LogP contribution is -2.05. The number of ether oxygens (including phenoxy) is 2. The SMILES string of the molecule is CNCc1ccc(OCc2cccc(OC)n2)c(Br)c1. The summed E-state index contributed by atoms with van der Waals surface area (Å²) in [5, 5.41) is 3.12. The minimum absolute atomic E-state index is 0.404. The van der Waals surface area contributed by atoms with Crippen LogP contribution in [0.4, 0.5) is 0 Å². The first-order valence-electron chi connectivity index (χ1n) is 6.28. The van der Waals surface area contributed by atoms with E-state index in [9.17, 15) is 0 Å². The average molecular weight is 337 g/mol. The first kappa shape index (κ1) is 14.8. The highest BCUT2D eigenvalue weighted by Crippen LogP contribution is 2.26. The summed E-state index contributed by atoms with van der Waals surface area (Å²) in [5.74, 6) is 1.39. The van der Waals surface area contributed by atoms with Crippen LogP contribution in [0.2, 0.25) is 0 Å². The fraction of sp³-hybridized carbons (Fsp3) is 0.267. The van der Waals surface area contributed by atoms with E-state index in [1.165, 1.54) is 5.56 Å². The minimum atomic E-state index is 0.404. The van der Waals surface area contributed by atoms with Crippen LogP contribution >= 0.6 is 15.9 Å². The number of halogens is 1. The van der Waals surface area contributed by atoms with E-state index in [1.807, 2.05) is 43.4 Å². The molecule has 0 fully saturated rings. The fourth-order valence-electron chi connectivity index (χ4n) is 1.78. The number of aromatic nitrogens is 1. The maximum absolute atomic E-state index is 5.77. The second-order valence-corrected chi connectivity index (χ2v) is 5.11. The Morgan fingerprint density at radius 1 is 1.25 bits per heavy atom. The van der Waals surface area contributed by atoms with Gasteiger partial charge in [-0.05, 0) is 46.7 Å². The molecule has 2 rings (SSSR count). The van der Waals surface area contributed by atoms with E-state index in [0.29, 0.717) is 12.5 Å². The molecule has 1 aromatic carbocycles. The van der Waals surface area contributed by atoms with Crippen molar-refractivity contribution in [3.05, 3.63) is 52.1 Å². The van der Waals surface area contributed by atoms with Crippen molar-refractivity contribution in [3.63, 3.8) is 0 Å². The van der Waals surface area contributed by atoms with Crippen molar-refractivity contribution in [2.24, 2.45) is 0 Å². The second-order valence-electron chi connectivity index (χ2n) is 4.26. The molecule has 1 heterocycles. The van der Waals surface area contributed by atoms with Gasteiger partial charge in [0.1, 0.15) is 12.4 Å². The summed E-state index contributed by atoms with van der Waals surface area (Å²) < 4.78 is 11.8. The van der Waals surface area contributed by atoms with Crippen LogP contribution in [-0.4, -0.2) is 19.1 Å². The average Bonchev–Trinajstić information content (AvgIpc) is 2.47. The third kappa shape index (κ3) is 3.95. The fourth-order valence-corrected chi connectivity index (χ4v) is 2.32. The zero-order chi connectivity index (χ0) is 14.4. The number of hydrogen-bond acceptors (Lipinski definition) is 4. The molecule has 0 saturated carbocycles. The number of benzene rings is 1. The predicted molar refractivity (Wildman–Crippen MR) is 82.0 cm³/mol. The minimum Gasteiger partial charge on any atom is -0.486 e. The Bertz CT molecular complexity index is 576. The van der Waals surface area contributed by atoms with E-state index in [0.717, 1.165) is 22.5 Å². The molecule has 106 valence electrons. The zero-order valence-corrected chi connectivity index (χ0v) is 13.1. The van der Waals surface area contributed by atoms with Crippen LogP contribution in [0.5, 0.6) is 11.6 Å². The van der Waals surface area contributed by atoms with Gasteiger partial charge in [-0.3, -0.25) is 0 Å². The maximum atomic E-state index is 5.77. The summed E-state index contributed by atoms with van der Waals surface area (Å²) in [6.45, 7) is 1.23. The van der Waals surface area contributed by atoms with Gasteiger partial charge in [-0.25, -0.2) is 4.98 Å². The lowest BCUT2D eigenvalue weighted by molar-refractivity contribution is 0.296. The van der Waals surface area contributed by atoms with Gasteiger partial charge in [0.05, 0.1) is 17.3 Å². The van der Waals surface area contributed by atoms with Crippen LogP contribution in [0.1, 0.15) is 11.3 Å². The highest BCUT2D eigenvalue weighted by Gasteiger charge is 2.04. The molecule has 0 saturated heterocycles. The Labute approximate surface area is 127 Å². The molecular formula is C15H17BrN2O2. The summed E-state index contributed by atoms with van der Waals surface area (Å²) in [6.07, 6.45) is 0. The van der Waals surface area contributed by atoms with Crippen LogP contribution in [0, 0.1) is 0 Å². The van der Waals surface area contributed by atoms with Crippen molar-refractivity contribution in [1.82, 2.24) is 10.3 Å². The molecule has 0 spiro atoms. The Balaban J connectivity index is 2.03. The number of nitrogens with zero attached hydrogens (tertiary/aromatic N) is 1. The molecule has 0 amide bonds. The summed E-state index contributed by atoms with van der Waals surface area (Å²) in [5.41, 5.74) is 2.03. The predicted octanol–water partition coefficient (Wildman–Crippen LogP) is 3.15. The van der Waals surface area contributed by atoms with Crippen molar-refractivity contribution in [3.8, 4) is 11.6 Å². The summed E-state index contributed by atoms with van der Waals surface area (Å²) >= 11 is 3.52. The highest BCUT2D eigenvalue weighted by atomic mass is 79.9. The molecule has 1 aromatic heterocycles. The van der Waals surface area contributed by atoms with Gasteiger partial charge in [-0.15, -0.1) is 0 Å². The zero-order valence-electron chi connectivity index (χ0n) is 11.5. The van der Waals surface area contributed by atoms with Gasteiger partial charge < -0.3 is 14.8 Å². The van der Waals surface area contributed by atoms with Crippen molar-refractivity contribution < 1.29 is 9.47 Å². The van der Waals surface area contributed by atoms with E-state index < -0.39 is 0 Å². The first-order chi connectivity index (χ1) is 9.72. The van der Waals surface area contributed by atoms with E-state index >= 15 is 0 Å². The standard InChI is InChI=1S/C15H17BrN2O2/c1-17-9-11-6-7-14(13(16)8-11)20-10-12-4-3-5-15(18-12)19-2/h3-8,17H,9-10H2,1-2H3. The lowest BCUT2D eigenvalue weighted by atomic mass is 10.2. The van der Waals surface area contributed by atoms with E-state index in [1.54, 1.807) is 7.11 Å². The molecule has 0 bridgehead atoms. The van der Waals surface area contributed by atoms with Gasteiger partial charge in [-0.1, -0.05) is 12.1 Å². The van der Waals surface area contributed by atoms with Crippen molar-refractivity contribution in [2.75, 3.05) is 14.2 Å². The molecule has 0 aliphatic carbocycles. The Morgan fingerprint density at radius 2 is 2.10 bits per heavy atom. The summed E-state index contributed by atoms with van der Waals surface area (Å²) in [7, 11) is 3.52. The Kier molecular flexibility index (Phi) is 5.38. The van der Waals surface area contributed by atoms with Gasteiger partial charge in [0.15, 0.2) is 0 Å². The number of pyridine rings is 1. The third-order valence-electron chi connectivity index (χ3n) is 2.74. The quantitative estimate of drug-likeness (QED) is 0.879. The molecule has 1 N–H and O–H groups in total. The van der Waals surface area contributed by atoms with Crippen LogP contribution in [-0.2, 0) is 13.2 Å². The summed E-state index contributed by atoms with van der Waals surface area (Å²) in [6, 6.07) is 11.7. The molecule has 0 atom stereocenters. The first-order valence-corrected chi connectivity index (χ1v) is 7.08. The van der Waals surface area contributed by atoms with Gasteiger partial charge >= 0.3 is 0 Å². The molecule has 0 unspecified atom stereocenters. The molecule has 0 aliphatic heterocycles. The van der Waals surface area contributed by atoms with Gasteiger partial charge in [0.25, 0.3) is 0 Å². The van der Waals surface area contributed by atoms with Crippen molar-refractivity contribution >= 4 is 15.9 Å². The van der Waals surface area contributed by atoms with Crippen molar-refractivity contribution in [2.45, 2.75) is 13.2 Å². The van der Waals surface area contributed by atoms with E-state index in [-0.39, 0.29) is 0 Å². The smallest absolute Gasteiger partial charge is 0.213 e. The molecular weight excluding hydrogens is 320 g/mol. The van der Waals surface area contributed by atoms with Gasteiger partial charge in [-0.2, -0.15) is 0 Å². The normalized spacial score (nSPS) is 10.3. The van der Waals surface area contributed by atoms with Crippen molar-refractivity contribution in [1.29, 1.82) is 0 Å². The Hall–Kier alpha value is -1.59. The number of hydrogen-bond donors (Lipinski definition) is 1. The monoisotopic (exact) mass is 336 g/mol. The topological polar surface area (TPSA) is 43.4 Å². The summed E-state index contributed by atoms with van der Waals surface area (Å²) in [4.78, 5) is 4.31. The maximum Gasteiger partial charge on any atom is 0.213 e.